The first-order valence-corrected chi connectivity index (χ1v) is 50.3. The molecule has 0 bridgehead atoms. The van der Waals surface area contributed by atoms with Crippen LogP contribution in [0, 0.1) is 23.7 Å². The summed E-state index contributed by atoms with van der Waals surface area (Å²) in [4.78, 5) is 184. The van der Waals surface area contributed by atoms with Gasteiger partial charge in [0.25, 0.3) is 11.8 Å². The zero-order chi connectivity index (χ0) is 102. The van der Waals surface area contributed by atoms with Gasteiger partial charge in [-0.25, -0.2) is 0 Å². The van der Waals surface area contributed by atoms with Crippen LogP contribution in [0.3, 0.4) is 0 Å². The third kappa shape index (κ3) is 44.2. The minimum atomic E-state index is -1.05. The standard InChI is InChI=1S/C99H161N13O27/c1-13-72-56-61(5)85(107-65(9)113)96(136-72)131-51-32-26-41-82(120)111-74(36-22-28-44-100-79(117)39-24-30-52-132-97-86(108-66(10)114)62(6)89(123)76(14-2)137-97)94(128)105-48-46-103-92(126)70-57-71(59-73(58-70)130-55-50-102-81(119)38-20-21-43-84(122)135-60-69-34-18-17-19-35-69)93(127)104-47-49-106-95(129)75(112-83(121)42-27-33-54-134-99-88(110-68(12)116)64(8)91(125)78(16-4)139-99)37-23-29-45-101-80(118)40-25-31-53-133-98-87(109-67(11)115)63(7)90(124)77(15-3)138-98/h17-19,34-35,57-59,61-64,72,74-78,85-91,96-99,123-125H,13-16,20-33,36-56,60H2,1-12H3,(H,100,117)(H,101,118)(H,102,119)(H,103,126)(H,104,127)(H,105,128)(H,106,129)(H,107,113)(H,108,114)(H,109,115)(H,110,116)(H,111,120)(H,112,121)/t61?,62?,63?,64?,72?,74-,75?,76?,77?,78?,85?,86?,87?,88?,89?,90?,91?,96?,97?,98?,99?/m0/s1. The fourth-order valence-electron chi connectivity index (χ4n) is 17.1. The number of amides is 13. The molecule has 2 aromatic carbocycles. The van der Waals surface area contributed by atoms with Gasteiger partial charge in [0.05, 0.1) is 73.4 Å². The summed E-state index contributed by atoms with van der Waals surface area (Å²) in [6.07, 6.45) is 3.17. The number of hydrogen-bond donors (Lipinski definition) is 16. The first-order valence-electron chi connectivity index (χ1n) is 50.3. The van der Waals surface area contributed by atoms with Gasteiger partial charge in [-0.1, -0.05) is 85.7 Å². The second-order valence-electron chi connectivity index (χ2n) is 36.7. The molecule has 0 saturated carbocycles. The molecule has 40 nitrogen and oxygen atoms in total. The fourth-order valence-corrected chi connectivity index (χ4v) is 17.1. The van der Waals surface area contributed by atoms with Crippen molar-refractivity contribution in [2.24, 2.45) is 23.7 Å². The zero-order valence-electron chi connectivity index (χ0n) is 83.7. The Morgan fingerprint density at radius 2 is 0.727 bits per heavy atom. The van der Waals surface area contributed by atoms with E-state index in [1.807, 2.05) is 85.7 Å². The van der Waals surface area contributed by atoms with Crippen molar-refractivity contribution in [2.45, 2.75) is 367 Å². The molecule has 4 aliphatic heterocycles. The molecule has 4 saturated heterocycles. The highest BCUT2D eigenvalue weighted by atomic mass is 16.7. The molecule has 21 atom stereocenters. The number of ether oxygens (including phenoxy) is 10. The van der Waals surface area contributed by atoms with E-state index >= 15 is 0 Å². The number of carbonyl (C=O) groups excluding carboxylic acids is 14. The van der Waals surface area contributed by atoms with Crippen LogP contribution in [0.5, 0.6) is 5.75 Å². The van der Waals surface area contributed by atoms with Crippen LogP contribution in [-0.2, 0) is 107 Å². The fraction of sp³-hybridized carbons (Fsp3) is 0.737. The Balaban J connectivity index is 1.07. The van der Waals surface area contributed by atoms with Crippen molar-refractivity contribution in [3.8, 4) is 5.75 Å². The lowest BCUT2D eigenvalue weighted by molar-refractivity contribution is -0.251. The number of aliphatic hydroxyl groups excluding tert-OH is 3. The van der Waals surface area contributed by atoms with Crippen molar-refractivity contribution >= 4 is 82.8 Å². The van der Waals surface area contributed by atoms with Crippen molar-refractivity contribution in [3.05, 3.63) is 65.2 Å². The lowest BCUT2D eigenvalue weighted by Crippen LogP contribution is -2.60. The predicted octanol–water partition coefficient (Wildman–Crippen LogP) is 5.04. The molecule has 20 unspecified atom stereocenters. The van der Waals surface area contributed by atoms with Gasteiger partial charge in [-0.2, -0.15) is 0 Å². The van der Waals surface area contributed by atoms with Crippen molar-refractivity contribution in [3.63, 3.8) is 0 Å². The van der Waals surface area contributed by atoms with Crippen LogP contribution >= 0.6 is 0 Å². The molecule has 40 heteroatoms. The zero-order valence-corrected chi connectivity index (χ0v) is 83.7. The van der Waals surface area contributed by atoms with Crippen molar-refractivity contribution < 1.29 is 130 Å². The molecule has 784 valence electrons. The molecule has 4 aliphatic rings. The van der Waals surface area contributed by atoms with E-state index in [0.29, 0.717) is 109 Å². The summed E-state index contributed by atoms with van der Waals surface area (Å²) in [5, 5.41) is 69.3. The van der Waals surface area contributed by atoms with E-state index in [1.165, 1.54) is 45.9 Å². The first kappa shape index (κ1) is 118. The third-order valence-corrected chi connectivity index (χ3v) is 25.2. The summed E-state index contributed by atoms with van der Waals surface area (Å²) in [6.45, 7) is 21.7. The van der Waals surface area contributed by atoms with Gasteiger partial charge >= 0.3 is 5.97 Å². The van der Waals surface area contributed by atoms with E-state index in [9.17, 15) is 82.4 Å². The summed E-state index contributed by atoms with van der Waals surface area (Å²) < 4.78 is 60.0. The first-order chi connectivity index (χ1) is 66.6. The number of carbonyl (C=O) groups is 14. The predicted molar refractivity (Wildman–Crippen MR) is 513 cm³/mol. The summed E-state index contributed by atoms with van der Waals surface area (Å²) in [7, 11) is 0. The molecular formula is C99H161N13O27. The number of unbranched alkanes of at least 4 members (excludes halogenated alkanes) is 7. The van der Waals surface area contributed by atoms with Crippen molar-refractivity contribution in [2.75, 3.05) is 78.8 Å². The Morgan fingerprint density at radius 3 is 1.11 bits per heavy atom. The van der Waals surface area contributed by atoms with Crippen LogP contribution in [0.15, 0.2) is 48.5 Å². The topological polar surface area (TPSA) is 548 Å². The molecule has 16 N–H and O–H groups in total. The van der Waals surface area contributed by atoms with Crippen molar-refractivity contribution in [1.82, 2.24) is 69.1 Å². The van der Waals surface area contributed by atoms with Gasteiger partial charge in [0.1, 0.15) is 31.0 Å². The molecule has 139 heavy (non-hydrogen) atoms. The average molecular weight is 1970 g/mol. The molecule has 0 aliphatic carbocycles. The molecule has 6 rings (SSSR count). The molecule has 4 fully saturated rings. The maximum Gasteiger partial charge on any atom is 0.306 e. The lowest BCUT2D eigenvalue weighted by Gasteiger charge is -2.43. The van der Waals surface area contributed by atoms with Crippen LogP contribution in [0.4, 0.5) is 0 Å². The van der Waals surface area contributed by atoms with Crippen LogP contribution < -0.4 is 73.9 Å². The second-order valence-corrected chi connectivity index (χ2v) is 36.7. The average Bonchev–Trinajstić information content (AvgIpc) is 0.812. The SMILES string of the molecule is CCC1CC(C)C(NC(C)=O)C(OCCCCC(=O)N[C@@H](CCCCNC(=O)CCCCOC2OC(CC)C(O)C(C)C2NC(C)=O)C(=O)NCCNC(=O)c2cc(OCCNC(=O)CCCCC(=O)OCc3ccccc3)cc(C(=O)NCCNC(=O)C(CCCCNC(=O)CCCCOC3OC(CC)C(O)C(C)C3NC(C)=O)NC(=O)CCCCOC3OC(CC)C(O)C(C)C3NC(C)=O)c2)O1. The Labute approximate surface area is 818 Å². The van der Waals surface area contributed by atoms with E-state index in [0.717, 1.165) is 18.4 Å². The number of hydrogen-bond acceptors (Lipinski definition) is 27. The summed E-state index contributed by atoms with van der Waals surface area (Å²) in [5.41, 5.74) is 0.767. The van der Waals surface area contributed by atoms with E-state index in [1.54, 1.807) is 0 Å². The number of aliphatic hydroxyl groups is 3. The van der Waals surface area contributed by atoms with Crippen molar-refractivity contribution in [1.29, 1.82) is 0 Å². The van der Waals surface area contributed by atoms with Gasteiger partial charge < -0.3 is 132 Å². The highest BCUT2D eigenvalue weighted by Crippen LogP contribution is 2.33. The maximum absolute atomic E-state index is 14.2. The molecule has 0 spiro atoms. The maximum atomic E-state index is 14.2. The van der Waals surface area contributed by atoms with Crippen LogP contribution in [0.25, 0.3) is 0 Å². The summed E-state index contributed by atoms with van der Waals surface area (Å²) in [6, 6.07) is 9.14. The van der Waals surface area contributed by atoms with E-state index in [2.05, 4.69) is 69.1 Å². The van der Waals surface area contributed by atoms with Gasteiger partial charge in [-0.15, -0.1) is 0 Å². The quantitative estimate of drug-likeness (QED) is 0.0304. The molecular weight excluding hydrogens is 1800 g/mol. The van der Waals surface area contributed by atoms with Gasteiger partial charge in [0.15, 0.2) is 25.2 Å². The third-order valence-electron chi connectivity index (χ3n) is 25.2. The smallest absolute Gasteiger partial charge is 0.306 e. The minimum absolute atomic E-state index is 0.00180. The minimum Gasteiger partial charge on any atom is -0.492 e. The molecule has 4 heterocycles. The summed E-state index contributed by atoms with van der Waals surface area (Å²) >= 11 is 0. The highest BCUT2D eigenvalue weighted by molar-refractivity contribution is 6.00. The molecule has 13 amide bonds. The van der Waals surface area contributed by atoms with E-state index < -0.39 is 133 Å². The Hall–Kier alpha value is -9.62. The highest BCUT2D eigenvalue weighted by Gasteiger charge is 2.47. The number of esters is 1. The number of rotatable bonds is 65. The number of benzene rings is 2. The monoisotopic (exact) mass is 1960 g/mol. The Morgan fingerprint density at radius 1 is 0.374 bits per heavy atom. The number of nitrogens with one attached hydrogen (secondary N) is 13. The van der Waals surface area contributed by atoms with E-state index in [4.69, 9.17) is 47.4 Å². The molecule has 0 radical (unpaired) electrons. The second kappa shape index (κ2) is 65.5. The van der Waals surface area contributed by atoms with E-state index in [-0.39, 0.29) is 231 Å². The Kier molecular flexibility index (Phi) is 55.6. The Bertz CT molecular complexity index is 4090. The molecule has 2 aromatic rings. The van der Waals surface area contributed by atoms with Crippen LogP contribution in [0.2, 0.25) is 0 Å². The van der Waals surface area contributed by atoms with Crippen LogP contribution in [0.1, 0.15) is 283 Å². The van der Waals surface area contributed by atoms with Gasteiger partial charge in [0.2, 0.25) is 65.0 Å². The normalized spacial score (nSPS) is 24.3. The van der Waals surface area contributed by atoms with Crippen LogP contribution in [-0.4, -0.2) is 281 Å². The van der Waals surface area contributed by atoms with Gasteiger partial charge in [0, 0.05) is 161 Å². The largest absolute Gasteiger partial charge is 0.492 e. The lowest BCUT2D eigenvalue weighted by atomic mass is 9.87. The summed E-state index contributed by atoms with van der Waals surface area (Å²) in [5.74, 6) is -6.39. The van der Waals surface area contributed by atoms with Gasteiger partial charge in [-0.3, -0.25) is 67.1 Å². The van der Waals surface area contributed by atoms with Gasteiger partial charge in [-0.05, 0) is 165 Å². The molecule has 0 aromatic heterocycles.